The summed E-state index contributed by atoms with van der Waals surface area (Å²) in [6, 6.07) is 11.7. The summed E-state index contributed by atoms with van der Waals surface area (Å²) >= 11 is 6.18. The fourth-order valence-electron chi connectivity index (χ4n) is 3.33. The van der Waals surface area contributed by atoms with Crippen molar-refractivity contribution < 1.29 is 18.7 Å². The van der Waals surface area contributed by atoms with Gasteiger partial charge in [-0.25, -0.2) is 9.18 Å². The number of halogens is 2. The minimum Gasteiger partial charge on any atom is -0.442 e. The maximum absolute atomic E-state index is 14.8. The highest BCUT2D eigenvalue weighted by Crippen LogP contribution is 2.32. The molecule has 1 saturated heterocycles. The molecule has 160 valence electrons. The monoisotopic (exact) mass is 444 g/mol. The van der Waals surface area contributed by atoms with Gasteiger partial charge in [0.15, 0.2) is 0 Å². The van der Waals surface area contributed by atoms with Gasteiger partial charge in [-0.15, -0.1) is 10.2 Å². The first-order valence-electron chi connectivity index (χ1n) is 9.47. The Morgan fingerprint density at radius 1 is 1.26 bits per heavy atom. The number of carbonyl (C=O) groups is 2. The molecule has 11 heteroatoms. The Labute approximate surface area is 181 Å². The van der Waals surface area contributed by atoms with Crippen molar-refractivity contribution in [3.63, 3.8) is 0 Å². The van der Waals surface area contributed by atoms with Crippen LogP contribution in [0.3, 0.4) is 0 Å². The van der Waals surface area contributed by atoms with Gasteiger partial charge in [0, 0.05) is 18.9 Å². The van der Waals surface area contributed by atoms with Crippen LogP contribution in [-0.4, -0.2) is 36.3 Å². The maximum Gasteiger partial charge on any atom is 0.414 e. The average molecular weight is 445 g/mol. The van der Waals surface area contributed by atoms with Crippen LogP contribution in [0.2, 0.25) is 0 Å². The minimum atomic E-state index is -1.23. The molecule has 2 amide bonds. The van der Waals surface area contributed by atoms with E-state index >= 15 is 0 Å². The zero-order valence-corrected chi connectivity index (χ0v) is 17.2. The Hall–Kier alpha value is -3.40. The van der Waals surface area contributed by atoms with Crippen LogP contribution in [-0.2, 0) is 16.0 Å². The fraction of sp³-hybridized carbons (Fsp3) is 0.300. The molecule has 1 N–H and O–H groups in total. The van der Waals surface area contributed by atoms with Gasteiger partial charge < -0.3 is 10.1 Å². The molecule has 1 atom stereocenters. The third-order valence-electron chi connectivity index (χ3n) is 4.85. The standard InChI is InChI=1S/C20H18ClFN6O3/c1-12(29)23-10-16-11-28(19(30)31-16)15-6-7-17(18(22)8-15)14-4-2-13(3-5-14)9-20(21)24-26-27-25-20/h2-8,16H,9-11H2,1H3,(H,23,29). The van der Waals surface area contributed by atoms with Crippen LogP contribution in [0.1, 0.15) is 12.5 Å². The van der Waals surface area contributed by atoms with Crippen molar-refractivity contribution in [3.05, 3.63) is 53.8 Å². The number of nitrogens with zero attached hydrogens (tertiary/aromatic N) is 5. The van der Waals surface area contributed by atoms with Gasteiger partial charge in [-0.1, -0.05) is 35.9 Å². The number of rotatable bonds is 6. The van der Waals surface area contributed by atoms with E-state index in [4.69, 9.17) is 16.3 Å². The summed E-state index contributed by atoms with van der Waals surface area (Å²) in [7, 11) is 0. The summed E-state index contributed by atoms with van der Waals surface area (Å²) < 4.78 is 20.1. The number of anilines is 1. The molecule has 0 aromatic heterocycles. The van der Waals surface area contributed by atoms with Crippen LogP contribution < -0.4 is 10.2 Å². The Morgan fingerprint density at radius 3 is 2.61 bits per heavy atom. The Morgan fingerprint density at radius 2 is 1.97 bits per heavy atom. The number of ether oxygens (including phenoxy) is 1. The molecule has 2 heterocycles. The van der Waals surface area contributed by atoms with Crippen LogP contribution in [0.5, 0.6) is 0 Å². The summed E-state index contributed by atoms with van der Waals surface area (Å²) in [6.45, 7) is 1.81. The number of carbonyl (C=O) groups excluding carboxylic acids is 2. The van der Waals surface area contributed by atoms with Gasteiger partial charge in [-0.2, -0.15) is 0 Å². The van der Waals surface area contributed by atoms with Crippen LogP contribution in [0.4, 0.5) is 14.9 Å². The highest BCUT2D eigenvalue weighted by molar-refractivity contribution is 6.23. The third-order valence-corrected chi connectivity index (χ3v) is 5.13. The number of nitrogens with one attached hydrogen (secondary N) is 1. The van der Waals surface area contributed by atoms with Crippen LogP contribution >= 0.6 is 11.6 Å². The van der Waals surface area contributed by atoms with E-state index < -0.39 is 23.1 Å². The van der Waals surface area contributed by atoms with Crippen molar-refractivity contribution in [2.24, 2.45) is 20.7 Å². The number of alkyl halides is 1. The molecule has 31 heavy (non-hydrogen) atoms. The largest absolute Gasteiger partial charge is 0.442 e. The summed E-state index contributed by atoms with van der Waals surface area (Å²) in [5, 5.41) is 15.8. The predicted octanol–water partition coefficient (Wildman–Crippen LogP) is 4.22. The van der Waals surface area contributed by atoms with Crippen molar-refractivity contribution >= 4 is 29.3 Å². The van der Waals surface area contributed by atoms with Crippen molar-refractivity contribution in [2.75, 3.05) is 18.0 Å². The second-order valence-corrected chi connectivity index (χ2v) is 7.79. The van der Waals surface area contributed by atoms with E-state index in [0.29, 0.717) is 23.2 Å². The topological polar surface area (TPSA) is 108 Å². The number of cyclic esters (lactones) is 1. The summed E-state index contributed by atoms with van der Waals surface area (Å²) in [4.78, 5) is 24.5. The van der Waals surface area contributed by atoms with E-state index in [1.165, 1.54) is 17.9 Å². The molecule has 0 aliphatic carbocycles. The van der Waals surface area contributed by atoms with Crippen LogP contribution in [0.15, 0.2) is 63.1 Å². The van der Waals surface area contributed by atoms with Gasteiger partial charge in [0.1, 0.15) is 11.9 Å². The average Bonchev–Trinajstić information content (AvgIpc) is 3.32. The lowest BCUT2D eigenvalue weighted by Crippen LogP contribution is -2.33. The number of amides is 2. The molecule has 1 unspecified atom stereocenters. The molecule has 4 rings (SSSR count). The number of hydrogen-bond donors (Lipinski definition) is 1. The minimum absolute atomic E-state index is 0.205. The molecular formula is C20H18ClFN6O3. The quantitative estimate of drug-likeness (QED) is 0.532. The first kappa shape index (κ1) is 20.9. The van der Waals surface area contributed by atoms with Gasteiger partial charge in [0.2, 0.25) is 5.91 Å². The molecule has 2 aromatic rings. The maximum atomic E-state index is 14.8. The molecule has 0 spiro atoms. The predicted molar refractivity (Wildman–Crippen MR) is 110 cm³/mol. The first-order valence-corrected chi connectivity index (χ1v) is 9.85. The number of hydrogen-bond acceptors (Lipinski definition) is 7. The van der Waals surface area contributed by atoms with E-state index in [1.807, 2.05) is 0 Å². The SMILES string of the molecule is CC(=O)NCC1CN(c2ccc(-c3ccc(CC4(Cl)N=NN=N4)cc3)c(F)c2)C(=O)O1. The smallest absolute Gasteiger partial charge is 0.414 e. The van der Waals surface area contributed by atoms with Crippen molar-refractivity contribution in [3.8, 4) is 11.1 Å². The zero-order valence-electron chi connectivity index (χ0n) is 16.5. The van der Waals surface area contributed by atoms with Gasteiger partial charge in [-0.3, -0.25) is 9.69 Å². The van der Waals surface area contributed by atoms with E-state index in [0.717, 1.165) is 5.56 Å². The zero-order chi connectivity index (χ0) is 22.0. The van der Waals surface area contributed by atoms with Crippen LogP contribution in [0.25, 0.3) is 11.1 Å². The second kappa shape index (κ2) is 8.38. The summed E-state index contributed by atoms with van der Waals surface area (Å²) in [5.74, 6) is -0.690. The van der Waals surface area contributed by atoms with Gasteiger partial charge in [-0.05, 0) is 39.8 Å². The molecule has 9 nitrogen and oxygen atoms in total. The molecule has 0 bridgehead atoms. The molecule has 1 fully saturated rings. The molecule has 0 radical (unpaired) electrons. The summed E-state index contributed by atoms with van der Waals surface area (Å²) in [6.07, 6.45) is -0.765. The molecule has 0 saturated carbocycles. The Kier molecular flexibility index (Phi) is 5.64. The second-order valence-electron chi connectivity index (χ2n) is 7.19. The highest BCUT2D eigenvalue weighted by Gasteiger charge is 2.33. The van der Waals surface area contributed by atoms with E-state index in [2.05, 4.69) is 26.0 Å². The van der Waals surface area contributed by atoms with E-state index in [-0.39, 0.29) is 19.0 Å². The Balaban J connectivity index is 1.46. The van der Waals surface area contributed by atoms with Gasteiger partial charge >= 0.3 is 6.09 Å². The molecule has 2 aromatic carbocycles. The third kappa shape index (κ3) is 4.69. The molecule has 2 aliphatic rings. The normalized spacial score (nSPS) is 19.0. The fourth-order valence-corrected chi connectivity index (χ4v) is 3.55. The highest BCUT2D eigenvalue weighted by atomic mass is 35.5. The Bertz CT molecular complexity index is 1060. The summed E-state index contributed by atoms with van der Waals surface area (Å²) in [5.41, 5.74) is 2.28. The lowest BCUT2D eigenvalue weighted by atomic mass is 10.0. The molecular weight excluding hydrogens is 427 g/mol. The number of benzene rings is 2. The first-order chi connectivity index (χ1) is 14.8. The lowest BCUT2D eigenvalue weighted by Gasteiger charge is -2.15. The lowest BCUT2D eigenvalue weighted by molar-refractivity contribution is -0.119. The van der Waals surface area contributed by atoms with E-state index in [1.54, 1.807) is 36.4 Å². The van der Waals surface area contributed by atoms with Crippen molar-refractivity contribution in [1.29, 1.82) is 0 Å². The van der Waals surface area contributed by atoms with Gasteiger partial charge in [0.25, 0.3) is 5.12 Å². The van der Waals surface area contributed by atoms with Crippen molar-refractivity contribution in [1.82, 2.24) is 5.32 Å². The van der Waals surface area contributed by atoms with Crippen LogP contribution in [0, 0.1) is 5.82 Å². The van der Waals surface area contributed by atoms with E-state index in [9.17, 15) is 14.0 Å². The van der Waals surface area contributed by atoms with Crippen molar-refractivity contribution in [2.45, 2.75) is 24.6 Å². The van der Waals surface area contributed by atoms with Gasteiger partial charge in [0.05, 0.1) is 18.8 Å². The molecule has 2 aliphatic heterocycles.